The Morgan fingerprint density at radius 1 is 1.50 bits per heavy atom. The fourth-order valence-electron chi connectivity index (χ4n) is 1.40. The van der Waals surface area contributed by atoms with Crippen molar-refractivity contribution in [3.05, 3.63) is 11.6 Å². The lowest BCUT2D eigenvalue weighted by Crippen LogP contribution is -2.43. The molecule has 16 heavy (non-hydrogen) atoms. The van der Waals surface area contributed by atoms with Crippen molar-refractivity contribution in [1.82, 2.24) is 5.32 Å². The summed E-state index contributed by atoms with van der Waals surface area (Å²) in [5.74, 6) is -1.42. The van der Waals surface area contributed by atoms with Crippen molar-refractivity contribution >= 4 is 11.9 Å². The molecule has 0 aromatic carbocycles. The Labute approximate surface area is 94.5 Å². The van der Waals surface area contributed by atoms with E-state index in [2.05, 4.69) is 5.32 Å². The van der Waals surface area contributed by atoms with Gasteiger partial charge in [-0.15, -0.1) is 0 Å². The van der Waals surface area contributed by atoms with Gasteiger partial charge in [-0.05, 0) is 33.3 Å². The number of esters is 1. The molecule has 2 N–H and O–H groups in total. The van der Waals surface area contributed by atoms with Gasteiger partial charge in [-0.1, -0.05) is 0 Å². The summed E-state index contributed by atoms with van der Waals surface area (Å²) in [5.41, 5.74) is -0.303. The fourth-order valence-corrected chi connectivity index (χ4v) is 1.40. The molecule has 90 valence electrons. The minimum Gasteiger partial charge on any atom is -0.478 e. The molecule has 1 aliphatic heterocycles. The highest BCUT2D eigenvalue weighted by atomic mass is 16.6. The third-order valence-electron chi connectivity index (χ3n) is 2.06. The summed E-state index contributed by atoms with van der Waals surface area (Å²) < 4.78 is 5.17. The number of carbonyl (C=O) groups is 2. The van der Waals surface area contributed by atoms with Crippen molar-refractivity contribution in [3.63, 3.8) is 0 Å². The molecular weight excluding hydrogens is 210 g/mol. The summed E-state index contributed by atoms with van der Waals surface area (Å²) in [6, 6.07) is -0.654. The van der Waals surface area contributed by atoms with E-state index in [0.29, 0.717) is 13.0 Å². The zero-order valence-electron chi connectivity index (χ0n) is 9.74. The number of carbonyl (C=O) groups excluding carboxylic acids is 1. The molecule has 0 radical (unpaired) electrons. The van der Waals surface area contributed by atoms with Gasteiger partial charge in [-0.2, -0.15) is 0 Å². The Morgan fingerprint density at radius 2 is 2.12 bits per heavy atom. The van der Waals surface area contributed by atoms with Crippen LogP contribution in [0.5, 0.6) is 0 Å². The molecule has 1 rings (SSSR count). The smallest absolute Gasteiger partial charge is 0.331 e. The van der Waals surface area contributed by atoms with Crippen LogP contribution in [0.4, 0.5) is 0 Å². The average Bonchev–Trinajstić information content (AvgIpc) is 2.15. The number of carboxylic acids is 1. The summed E-state index contributed by atoms with van der Waals surface area (Å²) in [5, 5.41) is 11.7. The normalized spacial score (nSPS) is 21.2. The van der Waals surface area contributed by atoms with Gasteiger partial charge >= 0.3 is 11.9 Å². The van der Waals surface area contributed by atoms with E-state index >= 15 is 0 Å². The van der Waals surface area contributed by atoms with Crippen LogP contribution >= 0.6 is 0 Å². The number of aliphatic carboxylic acids is 1. The van der Waals surface area contributed by atoms with Crippen molar-refractivity contribution in [3.8, 4) is 0 Å². The van der Waals surface area contributed by atoms with Crippen molar-refractivity contribution in [2.75, 3.05) is 6.54 Å². The molecule has 0 spiro atoms. The maximum absolute atomic E-state index is 11.7. The molecule has 0 aromatic heterocycles. The van der Waals surface area contributed by atoms with Gasteiger partial charge in [-0.25, -0.2) is 9.59 Å². The average molecular weight is 227 g/mol. The first-order valence-corrected chi connectivity index (χ1v) is 5.20. The lowest BCUT2D eigenvalue weighted by molar-refractivity contribution is -0.156. The van der Waals surface area contributed by atoms with E-state index in [-0.39, 0.29) is 5.57 Å². The van der Waals surface area contributed by atoms with E-state index in [1.165, 1.54) is 6.08 Å². The molecular formula is C11H17NO4. The SMILES string of the molecule is CC(C)(C)OC(=O)[C@H]1C=C(C(=O)O)CCN1. The summed E-state index contributed by atoms with van der Waals surface area (Å²) in [4.78, 5) is 22.4. The van der Waals surface area contributed by atoms with Gasteiger partial charge in [0.2, 0.25) is 0 Å². The molecule has 0 saturated heterocycles. The predicted octanol–water partition coefficient (Wildman–Crippen LogP) is 0.701. The Morgan fingerprint density at radius 3 is 2.62 bits per heavy atom. The van der Waals surface area contributed by atoms with Crippen molar-refractivity contribution in [2.45, 2.75) is 38.8 Å². The molecule has 5 nitrogen and oxygen atoms in total. The molecule has 0 aliphatic carbocycles. The number of hydrogen-bond donors (Lipinski definition) is 2. The molecule has 0 unspecified atom stereocenters. The second kappa shape index (κ2) is 4.65. The van der Waals surface area contributed by atoms with E-state index in [1.807, 2.05) is 0 Å². The molecule has 1 aliphatic rings. The highest BCUT2D eigenvalue weighted by Gasteiger charge is 2.27. The quantitative estimate of drug-likeness (QED) is 0.679. The van der Waals surface area contributed by atoms with Gasteiger partial charge in [-0.3, -0.25) is 0 Å². The van der Waals surface area contributed by atoms with E-state index in [4.69, 9.17) is 9.84 Å². The molecule has 0 bridgehead atoms. The van der Waals surface area contributed by atoms with E-state index in [0.717, 1.165) is 0 Å². The molecule has 0 fully saturated rings. The van der Waals surface area contributed by atoms with Crippen LogP contribution in [0.1, 0.15) is 27.2 Å². The van der Waals surface area contributed by atoms with Crippen LogP contribution in [-0.4, -0.2) is 35.2 Å². The third-order valence-corrected chi connectivity index (χ3v) is 2.06. The highest BCUT2D eigenvalue weighted by molar-refractivity contribution is 5.89. The standard InChI is InChI=1S/C11H17NO4/c1-11(2,3)16-10(15)8-6-7(9(13)14)4-5-12-8/h6,8,12H,4-5H2,1-3H3,(H,13,14)/t8-/m1/s1. The largest absolute Gasteiger partial charge is 0.478 e. The molecule has 5 heteroatoms. The Balaban J connectivity index is 2.70. The molecule has 0 amide bonds. The maximum atomic E-state index is 11.7. The minimum atomic E-state index is -0.977. The highest BCUT2D eigenvalue weighted by Crippen LogP contribution is 2.13. The number of nitrogens with one attached hydrogen (secondary N) is 1. The first kappa shape index (κ1) is 12.7. The zero-order valence-corrected chi connectivity index (χ0v) is 9.74. The molecule has 1 atom stereocenters. The number of rotatable bonds is 2. The lowest BCUT2D eigenvalue weighted by atomic mass is 10.0. The van der Waals surface area contributed by atoms with Crippen LogP contribution in [0.15, 0.2) is 11.6 Å². The molecule has 1 heterocycles. The lowest BCUT2D eigenvalue weighted by Gasteiger charge is -2.25. The zero-order chi connectivity index (χ0) is 12.3. The summed E-state index contributed by atoms with van der Waals surface area (Å²) in [6.45, 7) is 5.79. The second-order valence-electron chi connectivity index (χ2n) is 4.71. The van der Waals surface area contributed by atoms with Crippen LogP contribution < -0.4 is 5.32 Å². The van der Waals surface area contributed by atoms with Crippen LogP contribution in [0.25, 0.3) is 0 Å². The molecule has 0 aromatic rings. The van der Waals surface area contributed by atoms with Gasteiger partial charge < -0.3 is 15.2 Å². The van der Waals surface area contributed by atoms with Crippen LogP contribution in [0, 0.1) is 0 Å². The van der Waals surface area contributed by atoms with Gasteiger partial charge in [0.15, 0.2) is 0 Å². The van der Waals surface area contributed by atoms with Crippen LogP contribution in [0.2, 0.25) is 0 Å². The summed E-state index contributed by atoms with van der Waals surface area (Å²) in [7, 11) is 0. The monoisotopic (exact) mass is 227 g/mol. The predicted molar refractivity (Wildman–Crippen MR) is 58.0 cm³/mol. The summed E-state index contributed by atoms with van der Waals surface area (Å²) >= 11 is 0. The van der Waals surface area contributed by atoms with Gasteiger partial charge in [0.25, 0.3) is 0 Å². The molecule has 0 saturated carbocycles. The first-order chi connectivity index (χ1) is 7.29. The van der Waals surface area contributed by atoms with Crippen molar-refractivity contribution in [2.24, 2.45) is 0 Å². The van der Waals surface area contributed by atoms with Gasteiger partial charge in [0.05, 0.1) is 0 Å². The Bertz CT molecular complexity index is 327. The van der Waals surface area contributed by atoms with E-state index in [1.54, 1.807) is 20.8 Å². The second-order valence-corrected chi connectivity index (χ2v) is 4.71. The van der Waals surface area contributed by atoms with Crippen molar-refractivity contribution in [1.29, 1.82) is 0 Å². The maximum Gasteiger partial charge on any atom is 0.331 e. The third kappa shape index (κ3) is 3.66. The van der Waals surface area contributed by atoms with Crippen molar-refractivity contribution < 1.29 is 19.4 Å². The Hall–Kier alpha value is -1.36. The first-order valence-electron chi connectivity index (χ1n) is 5.20. The number of hydrogen-bond acceptors (Lipinski definition) is 4. The van der Waals surface area contributed by atoms with E-state index < -0.39 is 23.6 Å². The number of carboxylic acid groups (broad SMARTS) is 1. The Kier molecular flexibility index (Phi) is 3.70. The number of ether oxygens (including phenoxy) is 1. The van der Waals surface area contributed by atoms with Crippen LogP contribution in [-0.2, 0) is 14.3 Å². The topological polar surface area (TPSA) is 75.6 Å². The van der Waals surface area contributed by atoms with E-state index in [9.17, 15) is 9.59 Å². The summed E-state index contributed by atoms with van der Waals surface area (Å²) in [6.07, 6.45) is 1.84. The van der Waals surface area contributed by atoms with Crippen LogP contribution in [0.3, 0.4) is 0 Å². The minimum absolute atomic E-state index is 0.259. The van der Waals surface area contributed by atoms with Gasteiger partial charge in [0, 0.05) is 12.1 Å². The fraction of sp³-hybridized carbons (Fsp3) is 0.636. The van der Waals surface area contributed by atoms with Gasteiger partial charge in [0.1, 0.15) is 11.6 Å².